The van der Waals surface area contributed by atoms with E-state index in [0.717, 1.165) is 16.2 Å². The molecule has 1 saturated heterocycles. The van der Waals surface area contributed by atoms with Gasteiger partial charge in [-0.1, -0.05) is 16.4 Å². The summed E-state index contributed by atoms with van der Waals surface area (Å²) in [5, 5.41) is 30.8. The zero-order valence-corrected chi connectivity index (χ0v) is 20.1. The maximum atomic E-state index is 12.7. The van der Waals surface area contributed by atoms with Gasteiger partial charge in [0.25, 0.3) is 11.8 Å². The molecule has 2 aromatic heterocycles. The number of fused-ring (bicyclic) bond motifs is 1. The molecule has 0 saturated carbocycles. The number of hydrogen-bond donors (Lipinski definition) is 3. The molecule has 2 amide bonds. The summed E-state index contributed by atoms with van der Waals surface area (Å²) in [6, 6.07) is 0.574. The Balaban J connectivity index is 0.00000289. The minimum absolute atomic E-state index is 0. The minimum atomic E-state index is -1.52. The van der Waals surface area contributed by atoms with E-state index < -0.39 is 34.9 Å². The second kappa shape index (κ2) is 9.87. The number of carboxylic acid groups (broad SMARTS) is 1. The molecular weight excluding hydrogens is 471 g/mol. The topological polar surface area (TPSA) is 187 Å². The zero-order chi connectivity index (χ0) is 22.1. The summed E-state index contributed by atoms with van der Waals surface area (Å²) in [6.45, 7) is 0. The summed E-state index contributed by atoms with van der Waals surface area (Å²) in [5.41, 5.74) is 5.24. The Bertz CT molecular complexity index is 1140. The number of oxime groups is 1. The fraction of sp³-hybridized carbons (Fsp3) is 0.176. The predicted molar refractivity (Wildman–Crippen MR) is 107 cm³/mol. The number of nitrogens with one attached hydrogen (secondary N) is 1. The van der Waals surface area contributed by atoms with Crippen molar-refractivity contribution < 1.29 is 58.8 Å². The van der Waals surface area contributed by atoms with Crippen molar-refractivity contribution in [1.82, 2.24) is 20.4 Å². The van der Waals surface area contributed by atoms with Crippen LogP contribution in [0.4, 0.5) is 5.13 Å². The average molecular weight is 484 g/mol. The molecule has 1 fully saturated rings. The van der Waals surface area contributed by atoms with Gasteiger partial charge in [-0.15, -0.1) is 23.1 Å². The molecule has 0 unspecified atom stereocenters. The Morgan fingerprint density at radius 2 is 2.22 bits per heavy atom. The van der Waals surface area contributed by atoms with Crippen molar-refractivity contribution in [3.05, 3.63) is 46.4 Å². The van der Waals surface area contributed by atoms with Crippen LogP contribution in [0.5, 0.6) is 0 Å². The maximum absolute atomic E-state index is 12.7. The van der Waals surface area contributed by atoms with Crippen LogP contribution in [-0.2, 0) is 14.4 Å². The molecule has 0 aliphatic carbocycles. The molecule has 4 N–H and O–H groups in total. The van der Waals surface area contributed by atoms with Crippen LogP contribution in [0.3, 0.4) is 0 Å². The van der Waals surface area contributed by atoms with Crippen molar-refractivity contribution in [3.63, 3.8) is 0 Å². The number of carboxylic acids is 1. The van der Waals surface area contributed by atoms with Gasteiger partial charge in [-0.2, -0.15) is 0 Å². The Labute approximate surface area is 210 Å². The fourth-order valence-corrected chi connectivity index (χ4v) is 4.94. The van der Waals surface area contributed by atoms with Gasteiger partial charge in [-0.3, -0.25) is 14.5 Å². The van der Waals surface area contributed by atoms with Crippen molar-refractivity contribution in [2.24, 2.45) is 5.16 Å². The van der Waals surface area contributed by atoms with Gasteiger partial charge < -0.3 is 30.7 Å². The first-order valence-electron chi connectivity index (χ1n) is 8.63. The van der Waals surface area contributed by atoms with Crippen LogP contribution < -0.4 is 45.7 Å². The number of amides is 2. The summed E-state index contributed by atoms with van der Waals surface area (Å²) in [4.78, 5) is 41.8. The molecule has 160 valence electrons. The van der Waals surface area contributed by atoms with E-state index in [2.05, 4.69) is 20.6 Å². The number of rotatable bonds is 6. The predicted octanol–water partition coefficient (Wildman–Crippen LogP) is -3.99. The molecule has 15 heteroatoms. The number of thioether (sulfide) groups is 1. The van der Waals surface area contributed by atoms with E-state index in [1.807, 2.05) is 0 Å². The summed E-state index contributed by atoms with van der Waals surface area (Å²) >= 11 is 2.31. The molecule has 0 bridgehead atoms. The third-order valence-electron chi connectivity index (χ3n) is 4.46. The van der Waals surface area contributed by atoms with E-state index in [1.165, 1.54) is 35.5 Å². The minimum Gasteiger partial charge on any atom is -0.543 e. The van der Waals surface area contributed by atoms with Crippen LogP contribution >= 0.6 is 23.1 Å². The van der Waals surface area contributed by atoms with Crippen LogP contribution in [0, 0.1) is 0 Å². The molecule has 2 atom stereocenters. The summed E-state index contributed by atoms with van der Waals surface area (Å²) in [6.07, 6.45) is 4.48. The molecule has 2 aromatic rings. The van der Waals surface area contributed by atoms with Gasteiger partial charge in [0.1, 0.15) is 17.1 Å². The zero-order valence-electron chi connectivity index (χ0n) is 16.4. The van der Waals surface area contributed by atoms with Gasteiger partial charge in [0.05, 0.1) is 17.9 Å². The molecule has 12 nitrogen and oxygen atoms in total. The quantitative estimate of drug-likeness (QED) is 0.120. The van der Waals surface area contributed by atoms with Crippen LogP contribution in [0.2, 0.25) is 0 Å². The molecule has 0 aromatic carbocycles. The number of hydrogen-bond acceptors (Lipinski definition) is 12. The number of carbonyl (C=O) groups is 3. The van der Waals surface area contributed by atoms with Crippen LogP contribution in [0.25, 0.3) is 6.08 Å². The van der Waals surface area contributed by atoms with E-state index in [1.54, 1.807) is 6.07 Å². The van der Waals surface area contributed by atoms with Crippen molar-refractivity contribution in [2.45, 2.75) is 11.4 Å². The number of aromatic nitrogens is 2. The number of aliphatic carboxylic acids is 1. The van der Waals surface area contributed by atoms with Gasteiger partial charge in [-0.25, -0.2) is 4.98 Å². The number of nitrogen functional groups attached to an aromatic ring is 1. The van der Waals surface area contributed by atoms with Gasteiger partial charge in [-0.05, 0) is 11.6 Å². The smallest absolute Gasteiger partial charge is 0.543 e. The normalized spacial score (nSPS) is 20.6. The number of allylic oxidation sites excluding steroid dienone is 1. The Hall–Kier alpha value is -2.65. The van der Waals surface area contributed by atoms with Crippen LogP contribution in [-0.4, -0.2) is 60.9 Å². The van der Waals surface area contributed by atoms with Crippen molar-refractivity contribution in [2.75, 3.05) is 11.5 Å². The van der Waals surface area contributed by atoms with Gasteiger partial charge >= 0.3 is 29.6 Å². The number of nitrogens with zero attached hydrogens (tertiary/aromatic N) is 4. The molecule has 2 aliphatic rings. The molecular formula is C17H13N6NaO6S2. The molecule has 2 aliphatic heterocycles. The standard InChI is InChI=1S/C17H14N6O6S2.Na/c18-17-20-9(6-31-17)10(22-28)13(24)21-11-14(25)23-12(16(26)27)7(5-30-15(11)23)1-2-8-3-4-19-29-8;/h1-4,6,11,15,28H,5H2,(H2,18,20)(H,21,24)(H,26,27);/q;+1/p-1/b2-1-,22-10-;/t11-,15-;/m1./s1. The van der Waals surface area contributed by atoms with Crippen molar-refractivity contribution >= 4 is 57.8 Å². The van der Waals surface area contributed by atoms with E-state index in [4.69, 9.17) is 10.3 Å². The Morgan fingerprint density at radius 3 is 2.81 bits per heavy atom. The van der Waals surface area contributed by atoms with Gasteiger partial charge in [0.2, 0.25) is 0 Å². The third-order valence-corrected chi connectivity index (χ3v) is 6.44. The Morgan fingerprint density at radius 1 is 1.44 bits per heavy atom. The summed E-state index contributed by atoms with van der Waals surface area (Å²) in [5.74, 6) is -2.34. The number of thiazole rings is 1. The van der Waals surface area contributed by atoms with E-state index in [0.29, 0.717) is 11.3 Å². The number of anilines is 1. The number of carbonyl (C=O) groups excluding carboxylic acids is 3. The van der Waals surface area contributed by atoms with Crippen LogP contribution in [0.15, 0.2) is 44.7 Å². The first-order chi connectivity index (χ1) is 14.9. The molecule has 0 radical (unpaired) electrons. The monoisotopic (exact) mass is 484 g/mol. The fourth-order valence-electron chi connectivity index (χ4n) is 3.07. The molecule has 4 heterocycles. The summed E-state index contributed by atoms with van der Waals surface area (Å²) < 4.78 is 4.93. The summed E-state index contributed by atoms with van der Waals surface area (Å²) in [7, 11) is 0. The molecule has 32 heavy (non-hydrogen) atoms. The first-order valence-corrected chi connectivity index (χ1v) is 10.6. The van der Waals surface area contributed by atoms with Crippen molar-refractivity contribution in [3.8, 4) is 0 Å². The third kappa shape index (κ3) is 4.45. The second-order valence-corrected chi connectivity index (χ2v) is 8.28. The molecule has 4 rings (SSSR count). The Kier molecular flexibility index (Phi) is 7.40. The van der Waals surface area contributed by atoms with E-state index in [9.17, 15) is 24.7 Å². The van der Waals surface area contributed by atoms with Crippen LogP contribution in [0.1, 0.15) is 11.5 Å². The largest absolute Gasteiger partial charge is 1.00 e. The van der Waals surface area contributed by atoms with Gasteiger partial charge in [0, 0.05) is 17.2 Å². The maximum Gasteiger partial charge on any atom is 1.00 e. The number of β-lactam (4-membered cyclic amide) rings is 1. The second-order valence-electron chi connectivity index (χ2n) is 6.29. The average Bonchev–Trinajstić information content (AvgIpc) is 3.42. The van der Waals surface area contributed by atoms with Crippen molar-refractivity contribution in [1.29, 1.82) is 0 Å². The van der Waals surface area contributed by atoms with E-state index in [-0.39, 0.29) is 51.8 Å². The van der Waals surface area contributed by atoms with Gasteiger partial charge in [0.15, 0.2) is 16.6 Å². The van der Waals surface area contributed by atoms with E-state index >= 15 is 0 Å². The molecule has 0 spiro atoms. The number of nitrogens with two attached hydrogens (primary N) is 1. The SMILES string of the molecule is Nc1nc(/C(=N/O)C(=O)N[C@@H]2C(=O)N3C(C(=O)[O-])=C(/C=C\c4ccno4)CS[C@H]23)cs1.[Na+]. The first kappa shape index (κ1) is 24.0.